The van der Waals surface area contributed by atoms with Crippen molar-refractivity contribution in [2.24, 2.45) is 0 Å². The molecule has 2 heterocycles. The molecule has 3 aromatic rings. The fourth-order valence-corrected chi connectivity index (χ4v) is 2.06. The number of nitrogens with zero attached hydrogens (tertiary/aromatic N) is 3. The van der Waals surface area contributed by atoms with Crippen molar-refractivity contribution in [1.82, 2.24) is 14.8 Å². The number of aromatic nitrogens is 3. The van der Waals surface area contributed by atoms with Gasteiger partial charge in [-0.15, -0.1) is 10.2 Å². The third kappa shape index (κ3) is 4.06. The summed E-state index contributed by atoms with van der Waals surface area (Å²) in [4.78, 5) is 12.1. The highest BCUT2D eigenvalue weighted by molar-refractivity contribution is 5.50. The summed E-state index contributed by atoms with van der Waals surface area (Å²) >= 11 is 0. The van der Waals surface area contributed by atoms with Crippen molar-refractivity contribution in [1.29, 1.82) is 0 Å². The van der Waals surface area contributed by atoms with Gasteiger partial charge in [-0.1, -0.05) is 0 Å². The minimum absolute atomic E-state index is 0.151. The molecule has 0 fully saturated rings. The third-order valence-corrected chi connectivity index (χ3v) is 3.28. The van der Waals surface area contributed by atoms with Crippen molar-refractivity contribution in [2.75, 3.05) is 6.61 Å². The quantitative estimate of drug-likeness (QED) is 0.683. The van der Waals surface area contributed by atoms with Gasteiger partial charge in [0.15, 0.2) is 0 Å². The van der Waals surface area contributed by atoms with Crippen molar-refractivity contribution in [3.63, 3.8) is 0 Å². The van der Waals surface area contributed by atoms with E-state index in [0.717, 1.165) is 0 Å². The summed E-state index contributed by atoms with van der Waals surface area (Å²) in [6.07, 6.45) is -1.40. The second-order valence-electron chi connectivity index (χ2n) is 5.00. The Morgan fingerprint density at radius 2 is 1.92 bits per heavy atom. The molecular formula is C16H12F3N3O3. The minimum atomic E-state index is -2.87. The largest absolute Gasteiger partial charge is 0.492 e. The maximum Gasteiger partial charge on any atom is 0.314 e. The van der Waals surface area contributed by atoms with Gasteiger partial charge in [0.2, 0.25) is 5.89 Å². The van der Waals surface area contributed by atoms with Gasteiger partial charge in [-0.2, -0.15) is 8.78 Å². The average molecular weight is 351 g/mol. The highest BCUT2D eigenvalue weighted by atomic mass is 19.3. The van der Waals surface area contributed by atoms with E-state index in [9.17, 15) is 18.0 Å². The lowest BCUT2D eigenvalue weighted by Crippen LogP contribution is -2.21. The van der Waals surface area contributed by atoms with Crippen LogP contribution >= 0.6 is 0 Å². The number of halogens is 3. The van der Waals surface area contributed by atoms with Crippen LogP contribution in [0.5, 0.6) is 5.75 Å². The first-order chi connectivity index (χ1) is 12.0. The van der Waals surface area contributed by atoms with E-state index in [0.29, 0.717) is 5.75 Å². The zero-order valence-electron chi connectivity index (χ0n) is 12.7. The van der Waals surface area contributed by atoms with E-state index in [1.165, 1.54) is 47.2 Å². The summed E-state index contributed by atoms with van der Waals surface area (Å²) in [6.45, 7) is 0.448. The smallest absolute Gasteiger partial charge is 0.314 e. The fraction of sp³-hybridized carbons (Fsp3) is 0.188. The van der Waals surface area contributed by atoms with Crippen LogP contribution in [0.1, 0.15) is 12.3 Å². The molecule has 0 aliphatic rings. The number of hydrogen-bond donors (Lipinski definition) is 0. The van der Waals surface area contributed by atoms with Gasteiger partial charge in [-0.3, -0.25) is 4.79 Å². The summed E-state index contributed by atoms with van der Waals surface area (Å²) in [7, 11) is 0. The molecule has 0 unspecified atom stereocenters. The molecule has 0 aliphatic heterocycles. The van der Waals surface area contributed by atoms with Gasteiger partial charge in [0.1, 0.15) is 18.2 Å². The van der Waals surface area contributed by atoms with Gasteiger partial charge in [0.05, 0.1) is 6.54 Å². The lowest BCUT2D eigenvalue weighted by Gasteiger charge is -2.08. The number of hydrogen-bond acceptors (Lipinski definition) is 5. The Balaban J connectivity index is 1.65. The van der Waals surface area contributed by atoms with Crippen LogP contribution < -0.4 is 10.3 Å². The van der Waals surface area contributed by atoms with Gasteiger partial charge in [-0.05, 0) is 30.3 Å². The van der Waals surface area contributed by atoms with E-state index in [1.807, 2.05) is 0 Å². The second-order valence-corrected chi connectivity index (χ2v) is 5.00. The predicted octanol–water partition coefficient (Wildman–Crippen LogP) is 3.05. The molecule has 0 aliphatic carbocycles. The molecule has 0 N–H and O–H groups in total. The molecule has 0 saturated carbocycles. The van der Waals surface area contributed by atoms with Crippen molar-refractivity contribution in [3.05, 3.63) is 64.7 Å². The van der Waals surface area contributed by atoms with Gasteiger partial charge in [0, 0.05) is 17.8 Å². The minimum Gasteiger partial charge on any atom is -0.492 e. The van der Waals surface area contributed by atoms with E-state index in [4.69, 9.17) is 9.15 Å². The highest BCUT2D eigenvalue weighted by Crippen LogP contribution is 2.22. The number of ether oxygens (including phenoxy) is 1. The lowest BCUT2D eigenvalue weighted by atomic mass is 10.2. The van der Waals surface area contributed by atoms with Crippen molar-refractivity contribution in [2.45, 2.75) is 13.0 Å². The van der Waals surface area contributed by atoms with E-state index in [1.54, 1.807) is 0 Å². The number of rotatable bonds is 6. The van der Waals surface area contributed by atoms with Crippen LogP contribution in [0.4, 0.5) is 13.2 Å². The molecule has 9 heteroatoms. The molecule has 0 spiro atoms. The first-order valence-corrected chi connectivity index (χ1v) is 7.24. The Hall–Kier alpha value is -3.10. The summed E-state index contributed by atoms with van der Waals surface area (Å²) in [5.41, 5.74) is -0.128. The van der Waals surface area contributed by atoms with Crippen LogP contribution in [0.25, 0.3) is 11.5 Å². The van der Waals surface area contributed by atoms with Crippen LogP contribution in [-0.4, -0.2) is 21.4 Å². The first kappa shape index (κ1) is 16.7. The number of pyridine rings is 1. The van der Waals surface area contributed by atoms with Gasteiger partial charge < -0.3 is 13.7 Å². The number of alkyl halides is 2. The van der Waals surface area contributed by atoms with Gasteiger partial charge >= 0.3 is 6.43 Å². The average Bonchev–Trinajstić information content (AvgIpc) is 3.08. The molecule has 0 saturated heterocycles. The lowest BCUT2D eigenvalue weighted by molar-refractivity contribution is 0.116. The Morgan fingerprint density at radius 3 is 2.56 bits per heavy atom. The predicted molar refractivity (Wildman–Crippen MR) is 80.8 cm³/mol. The Morgan fingerprint density at radius 1 is 1.16 bits per heavy atom. The monoisotopic (exact) mass is 351 g/mol. The molecule has 130 valence electrons. The number of benzene rings is 1. The second kappa shape index (κ2) is 7.20. The fourth-order valence-electron chi connectivity index (χ4n) is 2.06. The molecule has 3 rings (SSSR count). The van der Waals surface area contributed by atoms with E-state index in [2.05, 4.69) is 10.2 Å². The molecular weight excluding hydrogens is 339 g/mol. The topological polar surface area (TPSA) is 70.2 Å². The van der Waals surface area contributed by atoms with E-state index in [-0.39, 0.29) is 36.0 Å². The standard InChI is InChI=1S/C16H12F3N3O3/c17-11-1-3-12(4-2-11)24-8-7-22-6-5-10(9-13(22)23)15-20-21-16(25-15)14(18)19/h1-6,9,14H,7-8H2. The Kier molecular flexibility index (Phi) is 4.82. The van der Waals surface area contributed by atoms with Gasteiger partial charge in [-0.25, -0.2) is 4.39 Å². The summed E-state index contributed by atoms with van der Waals surface area (Å²) in [6, 6.07) is 8.22. The summed E-state index contributed by atoms with van der Waals surface area (Å²) in [5.74, 6) is -0.833. The molecule has 0 bridgehead atoms. The SMILES string of the molecule is O=c1cc(-c2nnc(C(F)F)o2)ccn1CCOc1ccc(F)cc1. The van der Waals surface area contributed by atoms with Crippen molar-refractivity contribution in [3.8, 4) is 17.2 Å². The maximum atomic E-state index is 12.8. The molecule has 0 amide bonds. The normalized spacial score (nSPS) is 11.0. The third-order valence-electron chi connectivity index (χ3n) is 3.28. The highest BCUT2D eigenvalue weighted by Gasteiger charge is 2.17. The first-order valence-electron chi connectivity index (χ1n) is 7.24. The molecule has 6 nitrogen and oxygen atoms in total. The molecule has 1 aromatic carbocycles. The molecule has 25 heavy (non-hydrogen) atoms. The van der Waals surface area contributed by atoms with Crippen LogP contribution in [0.3, 0.4) is 0 Å². The van der Waals surface area contributed by atoms with Gasteiger partial charge in [0.25, 0.3) is 11.4 Å². The maximum absolute atomic E-state index is 12.8. The molecule has 0 atom stereocenters. The zero-order chi connectivity index (χ0) is 17.8. The summed E-state index contributed by atoms with van der Waals surface area (Å²) < 4.78 is 49.3. The van der Waals surface area contributed by atoms with Crippen LogP contribution in [0.2, 0.25) is 0 Å². The Bertz CT molecular complexity index is 907. The van der Waals surface area contributed by atoms with Crippen LogP contribution in [0.15, 0.2) is 51.8 Å². The van der Waals surface area contributed by atoms with Crippen molar-refractivity contribution < 1.29 is 22.3 Å². The van der Waals surface area contributed by atoms with Crippen LogP contribution in [0, 0.1) is 5.82 Å². The van der Waals surface area contributed by atoms with E-state index >= 15 is 0 Å². The zero-order valence-corrected chi connectivity index (χ0v) is 12.7. The van der Waals surface area contributed by atoms with E-state index < -0.39 is 12.3 Å². The summed E-state index contributed by atoms with van der Waals surface area (Å²) in [5, 5.41) is 6.70. The Labute approximate surface area is 139 Å². The molecule has 0 radical (unpaired) electrons. The molecule has 2 aromatic heterocycles. The van der Waals surface area contributed by atoms with Crippen molar-refractivity contribution >= 4 is 0 Å². The van der Waals surface area contributed by atoms with Crippen LogP contribution in [-0.2, 0) is 6.54 Å².